The van der Waals surface area contributed by atoms with E-state index in [4.69, 9.17) is 4.74 Å². The van der Waals surface area contributed by atoms with Crippen molar-refractivity contribution in [1.82, 2.24) is 9.29 Å². The van der Waals surface area contributed by atoms with Gasteiger partial charge in [0.2, 0.25) is 5.91 Å². The molecule has 0 spiro atoms. The minimum absolute atomic E-state index is 0.0261. The van der Waals surface area contributed by atoms with Gasteiger partial charge in [-0.05, 0) is 30.2 Å². The second-order valence-corrected chi connectivity index (χ2v) is 8.11. The summed E-state index contributed by atoms with van der Waals surface area (Å²) in [7, 11) is -2.67. The number of nitrogens with one attached hydrogen (secondary N) is 1. The molecule has 1 N–H and O–H groups in total. The third kappa shape index (κ3) is 3.92. The summed E-state index contributed by atoms with van der Waals surface area (Å²) in [6.45, 7) is 1.68. The average Bonchev–Trinajstić information content (AvgIpc) is 3.05. The van der Waals surface area contributed by atoms with Gasteiger partial charge < -0.3 is 10.1 Å². The molecule has 0 aliphatic carbocycles. The summed E-state index contributed by atoms with van der Waals surface area (Å²) in [5.41, 5.74) is 0.441. The number of rotatable bonds is 7. The Labute approximate surface area is 167 Å². The number of carbonyl (C=O) groups excluding carboxylic acids is 1. The topological polar surface area (TPSA) is 121 Å². The Morgan fingerprint density at radius 2 is 1.93 bits per heavy atom. The van der Waals surface area contributed by atoms with Crippen molar-refractivity contribution in [3.8, 4) is 5.75 Å². The van der Waals surface area contributed by atoms with Crippen LogP contribution in [0, 0.1) is 10.1 Å². The van der Waals surface area contributed by atoms with Crippen LogP contribution in [0.2, 0.25) is 0 Å². The first-order valence-electron chi connectivity index (χ1n) is 8.67. The molecule has 0 saturated heterocycles. The minimum Gasteiger partial charge on any atom is -0.490 e. The molecular weight excluding hydrogens is 398 g/mol. The first-order valence-corrected chi connectivity index (χ1v) is 10.1. The number of hydrogen-bond acceptors (Lipinski definition) is 6. The van der Waals surface area contributed by atoms with Crippen LogP contribution >= 0.6 is 0 Å². The lowest BCUT2D eigenvalue weighted by molar-refractivity contribution is -0.385. The summed E-state index contributed by atoms with van der Waals surface area (Å²) in [5, 5.41) is 14.6. The molecule has 3 aromatic rings. The summed E-state index contributed by atoms with van der Waals surface area (Å²) >= 11 is 0. The van der Waals surface area contributed by atoms with Crippen molar-refractivity contribution in [2.24, 2.45) is 0 Å². The van der Waals surface area contributed by atoms with Gasteiger partial charge in [-0.25, -0.2) is 12.4 Å². The number of aromatic nitrogens is 1. The molecule has 152 valence electrons. The van der Waals surface area contributed by atoms with Gasteiger partial charge in [0, 0.05) is 31.1 Å². The van der Waals surface area contributed by atoms with E-state index in [-0.39, 0.29) is 27.8 Å². The van der Waals surface area contributed by atoms with Crippen LogP contribution in [-0.4, -0.2) is 36.9 Å². The second kappa shape index (κ2) is 7.92. The normalized spacial score (nSPS) is 11.4. The summed E-state index contributed by atoms with van der Waals surface area (Å²) in [6, 6.07) is 10.4. The van der Waals surface area contributed by atoms with Gasteiger partial charge in [-0.3, -0.25) is 14.9 Å². The maximum absolute atomic E-state index is 13.2. The average molecular weight is 417 g/mol. The Kier molecular flexibility index (Phi) is 5.55. The number of nitro benzene ring substituents is 1. The highest BCUT2D eigenvalue weighted by atomic mass is 32.2. The van der Waals surface area contributed by atoms with Gasteiger partial charge in [-0.15, -0.1) is 0 Å². The number of nitro groups is 1. The lowest BCUT2D eigenvalue weighted by atomic mass is 10.1. The van der Waals surface area contributed by atoms with E-state index in [1.165, 1.54) is 44.5 Å². The van der Waals surface area contributed by atoms with Crippen molar-refractivity contribution in [1.29, 1.82) is 0 Å². The molecule has 0 unspecified atom stereocenters. The lowest BCUT2D eigenvalue weighted by Gasteiger charge is -2.08. The fourth-order valence-electron chi connectivity index (χ4n) is 3.06. The van der Waals surface area contributed by atoms with Crippen molar-refractivity contribution in [3.63, 3.8) is 0 Å². The molecule has 1 amide bonds. The number of benzene rings is 2. The van der Waals surface area contributed by atoms with E-state index < -0.39 is 14.9 Å². The van der Waals surface area contributed by atoms with Crippen molar-refractivity contribution in [2.75, 3.05) is 13.7 Å². The van der Waals surface area contributed by atoms with Crippen LogP contribution in [0.5, 0.6) is 5.75 Å². The molecule has 0 fully saturated rings. The Morgan fingerprint density at radius 1 is 1.24 bits per heavy atom. The highest BCUT2D eigenvalue weighted by Crippen LogP contribution is 2.36. The number of carbonyl (C=O) groups is 1. The summed E-state index contributed by atoms with van der Waals surface area (Å²) in [5.74, 6) is -0.183. The zero-order chi connectivity index (χ0) is 21.2. The highest BCUT2D eigenvalue weighted by molar-refractivity contribution is 7.90. The quantitative estimate of drug-likeness (QED) is 0.466. The maximum Gasteiger partial charge on any atom is 0.313 e. The molecule has 0 bridgehead atoms. The first-order chi connectivity index (χ1) is 13.8. The molecule has 0 atom stereocenters. The molecule has 1 heterocycles. The largest absolute Gasteiger partial charge is 0.490 e. The van der Waals surface area contributed by atoms with E-state index in [0.29, 0.717) is 23.9 Å². The summed E-state index contributed by atoms with van der Waals surface area (Å²) < 4.78 is 32.5. The van der Waals surface area contributed by atoms with E-state index >= 15 is 0 Å². The maximum atomic E-state index is 13.2. The molecule has 0 aliphatic heterocycles. The van der Waals surface area contributed by atoms with Crippen LogP contribution in [0.15, 0.2) is 53.6 Å². The highest BCUT2D eigenvalue weighted by Gasteiger charge is 2.25. The van der Waals surface area contributed by atoms with Gasteiger partial charge in [-0.1, -0.05) is 18.2 Å². The number of fused-ring (bicyclic) bond motifs is 1. The molecule has 1 aromatic heterocycles. The Hall–Kier alpha value is -3.40. The third-order valence-electron chi connectivity index (χ3n) is 4.42. The monoisotopic (exact) mass is 417 g/mol. The molecule has 0 aliphatic rings. The van der Waals surface area contributed by atoms with Gasteiger partial charge in [0.15, 0.2) is 5.75 Å². The van der Waals surface area contributed by atoms with E-state index in [1.54, 1.807) is 18.2 Å². The zero-order valence-corrected chi connectivity index (χ0v) is 16.6. The van der Waals surface area contributed by atoms with Crippen molar-refractivity contribution in [2.45, 2.75) is 18.2 Å². The van der Waals surface area contributed by atoms with E-state index in [0.717, 1.165) is 3.97 Å². The van der Waals surface area contributed by atoms with E-state index in [2.05, 4.69) is 5.32 Å². The molecule has 10 heteroatoms. The van der Waals surface area contributed by atoms with Crippen molar-refractivity contribution >= 4 is 32.5 Å². The van der Waals surface area contributed by atoms with Crippen LogP contribution in [0.3, 0.4) is 0 Å². The van der Waals surface area contributed by atoms with Crippen LogP contribution < -0.4 is 10.1 Å². The molecule has 9 nitrogen and oxygen atoms in total. The van der Waals surface area contributed by atoms with Crippen LogP contribution in [0.25, 0.3) is 10.9 Å². The number of nitrogens with zero attached hydrogens (tertiary/aromatic N) is 2. The second-order valence-electron chi connectivity index (χ2n) is 6.30. The van der Waals surface area contributed by atoms with E-state index in [9.17, 15) is 23.3 Å². The Morgan fingerprint density at radius 3 is 2.52 bits per heavy atom. The molecule has 0 radical (unpaired) electrons. The van der Waals surface area contributed by atoms with Crippen molar-refractivity contribution < 1.29 is 22.9 Å². The van der Waals surface area contributed by atoms with Gasteiger partial charge in [0.25, 0.3) is 10.0 Å². The molecule has 0 saturated carbocycles. The fourth-order valence-corrected chi connectivity index (χ4v) is 4.47. The van der Waals surface area contributed by atoms with E-state index in [1.807, 2.05) is 0 Å². The van der Waals surface area contributed by atoms with Crippen LogP contribution in [0.1, 0.15) is 12.5 Å². The number of amides is 1. The minimum atomic E-state index is -3.98. The van der Waals surface area contributed by atoms with Gasteiger partial charge in [0.05, 0.1) is 22.4 Å². The van der Waals surface area contributed by atoms with Crippen molar-refractivity contribution in [3.05, 3.63) is 64.3 Å². The number of ether oxygens (including phenoxy) is 1. The van der Waals surface area contributed by atoms with Gasteiger partial charge in [0.1, 0.15) is 0 Å². The molecule has 2 aromatic carbocycles. The van der Waals surface area contributed by atoms with Gasteiger partial charge in [-0.2, -0.15) is 0 Å². The predicted molar refractivity (Wildman–Crippen MR) is 107 cm³/mol. The summed E-state index contributed by atoms with van der Waals surface area (Å²) in [4.78, 5) is 22.0. The molecule has 3 rings (SSSR count). The SMILES string of the molecule is COc1cc2c(CCNC(C)=O)cn(S(=O)(=O)c3ccccc3)c2cc1[N+](=O)[O-]. The Bertz CT molecular complexity index is 1190. The van der Waals surface area contributed by atoms with Gasteiger partial charge >= 0.3 is 5.69 Å². The fraction of sp³-hybridized carbons (Fsp3) is 0.211. The number of methoxy groups -OCH3 is 1. The standard InChI is InChI=1S/C19H19N3O6S/c1-13(23)20-9-8-14-12-21(29(26,27)15-6-4-3-5-7-15)17-11-18(22(24)25)19(28-2)10-16(14)17/h3-7,10-12H,8-9H2,1-2H3,(H,20,23). The predicted octanol–water partition coefficient (Wildman–Crippen LogP) is 2.47. The first kappa shape index (κ1) is 20.3. The van der Waals surface area contributed by atoms with Crippen LogP contribution in [0.4, 0.5) is 5.69 Å². The number of hydrogen-bond donors (Lipinski definition) is 1. The molecular formula is C19H19N3O6S. The third-order valence-corrected chi connectivity index (χ3v) is 6.11. The lowest BCUT2D eigenvalue weighted by Crippen LogP contribution is -2.22. The smallest absolute Gasteiger partial charge is 0.313 e. The zero-order valence-electron chi connectivity index (χ0n) is 15.8. The Balaban J connectivity index is 2.24. The summed E-state index contributed by atoms with van der Waals surface area (Å²) in [6.07, 6.45) is 1.77. The molecule has 29 heavy (non-hydrogen) atoms. The van der Waals surface area contributed by atoms with Crippen LogP contribution in [-0.2, 0) is 21.2 Å².